The summed E-state index contributed by atoms with van der Waals surface area (Å²) in [6, 6.07) is 18.9. The number of benzene rings is 4. The average Bonchev–Trinajstić information content (AvgIpc) is 2.54. The Morgan fingerprint density at radius 2 is 1.14 bits per heavy atom. The van der Waals surface area contributed by atoms with Crippen molar-refractivity contribution in [1.29, 1.82) is 0 Å². The lowest BCUT2D eigenvalue weighted by molar-refractivity contribution is 0.0694. The van der Waals surface area contributed by atoms with Crippen LogP contribution in [0.5, 0.6) is 5.75 Å². The van der Waals surface area contributed by atoms with Crippen molar-refractivity contribution in [3.8, 4) is 5.75 Å². The number of carbonyl (C=O) groups is 1. The molecule has 0 heterocycles. The summed E-state index contributed by atoms with van der Waals surface area (Å²) in [5.41, 5.74) is -0.0760. The maximum atomic E-state index is 11.3. The Morgan fingerprint density at radius 1 is 0.682 bits per heavy atom. The highest BCUT2D eigenvalue weighted by molar-refractivity contribution is 6.27. The zero-order chi connectivity index (χ0) is 15.3. The average molecular weight is 288 g/mol. The van der Waals surface area contributed by atoms with E-state index in [4.69, 9.17) is 0 Å². The lowest BCUT2D eigenvalue weighted by atomic mass is 9.92. The van der Waals surface area contributed by atoms with Gasteiger partial charge in [0.15, 0.2) is 0 Å². The van der Waals surface area contributed by atoms with E-state index in [9.17, 15) is 15.0 Å². The molecular formula is C19H12O3. The third-order valence-electron chi connectivity index (χ3n) is 4.11. The van der Waals surface area contributed by atoms with Crippen LogP contribution in [0.2, 0.25) is 0 Å². The summed E-state index contributed by atoms with van der Waals surface area (Å²) >= 11 is 0. The maximum Gasteiger partial charge on any atom is 0.339 e. The van der Waals surface area contributed by atoms with Gasteiger partial charge in [0.25, 0.3) is 0 Å². The SMILES string of the molecule is O=C(O)c1ccc2c3ccccc3c3ccccc3c2c1O. The van der Waals surface area contributed by atoms with Crippen molar-refractivity contribution in [3.05, 3.63) is 66.2 Å². The Balaban J connectivity index is 2.38. The highest BCUT2D eigenvalue weighted by Crippen LogP contribution is 2.40. The molecule has 0 bridgehead atoms. The van der Waals surface area contributed by atoms with E-state index >= 15 is 0 Å². The summed E-state index contributed by atoms with van der Waals surface area (Å²) in [6.07, 6.45) is 0. The van der Waals surface area contributed by atoms with Crippen LogP contribution in [0.1, 0.15) is 10.4 Å². The van der Waals surface area contributed by atoms with Gasteiger partial charge in [-0.05, 0) is 33.0 Å². The molecule has 0 aliphatic heterocycles. The third-order valence-corrected chi connectivity index (χ3v) is 4.11. The van der Waals surface area contributed by atoms with Gasteiger partial charge in [-0.2, -0.15) is 0 Å². The van der Waals surface area contributed by atoms with Crippen molar-refractivity contribution in [2.75, 3.05) is 0 Å². The molecule has 106 valence electrons. The number of phenols is 1. The normalized spacial score (nSPS) is 11.3. The van der Waals surface area contributed by atoms with Gasteiger partial charge in [-0.15, -0.1) is 0 Å². The van der Waals surface area contributed by atoms with Gasteiger partial charge in [0.05, 0.1) is 0 Å². The fraction of sp³-hybridized carbons (Fsp3) is 0. The molecule has 0 radical (unpaired) electrons. The molecule has 4 aromatic carbocycles. The summed E-state index contributed by atoms with van der Waals surface area (Å²) in [5, 5.41) is 25.2. The molecule has 0 saturated carbocycles. The van der Waals surface area contributed by atoms with E-state index in [0.717, 1.165) is 26.9 Å². The first-order valence-corrected chi connectivity index (χ1v) is 6.97. The second-order valence-electron chi connectivity index (χ2n) is 5.28. The number of carboxylic acids is 1. The van der Waals surface area contributed by atoms with E-state index in [-0.39, 0.29) is 11.3 Å². The van der Waals surface area contributed by atoms with E-state index in [2.05, 4.69) is 0 Å². The topological polar surface area (TPSA) is 57.5 Å². The molecule has 0 amide bonds. The summed E-state index contributed by atoms with van der Waals surface area (Å²) in [5.74, 6) is -1.30. The number of aromatic carboxylic acids is 1. The zero-order valence-electron chi connectivity index (χ0n) is 11.6. The minimum absolute atomic E-state index is 0.0760. The molecule has 0 aliphatic rings. The highest BCUT2D eigenvalue weighted by atomic mass is 16.4. The molecule has 0 atom stereocenters. The Labute approximate surface area is 126 Å². The molecule has 0 aromatic heterocycles. The van der Waals surface area contributed by atoms with Crippen LogP contribution < -0.4 is 0 Å². The van der Waals surface area contributed by atoms with Crippen LogP contribution in [-0.4, -0.2) is 16.2 Å². The van der Waals surface area contributed by atoms with Gasteiger partial charge in [0, 0.05) is 5.39 Å². The van der Waals surface area contributed by atoms with Gasteiger partial charge in [0.1, 0.15) is 11.3 Å². The summed E-state index contributed by atoms with van der Waals surface area (Å²) in [4.78, 5) is 11.3. The van der Waals surface area contributed by atoms with Crippen LogP contribution in [0.25, 0.3) is 32.3 Å². The molecule has 4 rings (SSSR count). The van der Waals surface area contributed by atoms with Crippen LogP contribution in [0.3, 0.4) is 0 Å². The van der Waals surface area contributed by atoms with Crippen LogP contribution in [0.4, 0.5) is 0 Å². The minimum atomic E-state index is -1.13. The van der Waals surface area contributed by atoms with E-state index in [1.54, 1.807) is 6.07 Å². The molecule has 3 nitrogen and oxygen atoms in total. The van der Waals surface area contributed by atoms with Gasteiger partial charge in [-0.25, -0.2) is 4.79 Å². The number of hydrogen-bond acceptors (Lipinski definition) is 2. The predicted octanol–water partition coefficient (Wildman–Crippen LogP) is 4.55. The van der Waals surface area contributed by atoms with Crippen LogP contribution in [0.15, 0.2) is 60.7 Å². The first-order valence-electron chi connectivity index (χ1n) is 6.97. The van der Waals surface area contributed by atoms with E-state index < -0.39 is 5.97 Å². The standard InChI is InChI=1S/C19H12O3/c20-18-16(19(21)22)10-9-15-13-7-2-1-5-11(13)12-6-3-4-8-14(12)17(15)18/h1-10,20H,(H,21,22). The van der Waals surface area contributed by atoms with Gasteiger partial charge in [-0.3, -0.25) is 0 Å². The molecule has 4 aromatic rings. The highest BCUT2D eigenvalue weighted by Gasteiger charge is 2.17. The van der Waals surface area contributed by atoms with Crippen LogP contribution in [0, 0.1) is 0 Å². The maximum absolute atomic E-state index is 11.3. The third kappa shape index (κ3) is 1.59. The number of rotatable bonds is 1. The lowest BCUT2D eigenvalue weighted by Gasteiger charge is -2.12. The molecule has 0 fully saturated rings. The molecule has 3 heteroatoms. The van der Waals surface area contributed by atoms with Crippen LogP contribution in [-0.2, 0) is 0 Å². The monoisotopic (exact) mass is 288 g/mol. The number of carboxylic acid groups (broad SMARTS) is 1. The minimum Gasteiger partial charge on any atom is -0.506 e. The predicted molar refractivity (Wildman–Crippen MR) is 87.6 cm³/mol. The quantitative estimate of drug-likeness (QED) is 0.505. The molecule has 0 aliphatic carbocycles. The van der Waals surface area contributed by atoms with Crippen LogP contribution >= 0.6 is 0 Å². The smallest absolute Gasteiger partial charge is 0.339 e. The van der Waals surface area contributed by atoms with Crippen molar-refractivity contribution >= 4 is 38.3 Å². The first-order chi connectivity index (χ1) is 10.7. The van der Waals surface area contributed by atoms with Gasteiger partial charge >= 0.3 is 5.97 Å². The van der Waals surface area contributed by atoms with Gasteiger partial charge in [-0.1, -0.05) is 54.6 Å². The van der Waals surface area contributed by atoms with Crippen molar-refractivity contribution in [1.82, 2.24) is 0 Å². The van der Waals surface area contributed by atoms with E-state index in [0.29, 0.717) is 5.39 Å². The first kappa shape index (κ1) is 12.7. The zero-order valence-corrected chi connectivity index (χ0v) is 11.6. The number of hydrogen-bond donors (Lipinski definition) is 2. The second-order valence-corrected chi connectivity index (χ2v) is 5.28. The van der Waals surface area contributed by atoms with Crippen molar-refractivity contribution in [2.24, 2.45) is 0 Å². The largest absolute Gasteiger partial charge is 0.506 e. The Morgan fingerprint density at radius 3 is 1.68 bits per heavy atom. The molecule has 0 spiro atoms. The van der Waals surface area contributed by atoms with Gasteiger partial charge < -0.3 is 10.2 Å². The number of fused-ring (bicyclic) bond motifs is 6. The van der Waals surface area contributed by atoms with Gasteiger partial charge in [0.2, 0.25) is 0 Å². The molecule has 0 unspecified atom stereocenters. The fourth-order valence-electron chi connectivity index (χ4n) is 3.15. The van der Waals surface area contributed by atoms with Crippen molar-refractivity contribution < 1.29 is 15.0 Å². The van der Waals surface area contributed by atoms with E-state index in [1.807, 2.05) is 48.5 Å². The molecule has 22 heavy (non-hydrogen) atoms. The van der Waals surface area contributed by atoms with E-state index in [1.165, 1.54) is 6.07 Å². The summed E-state index contributed by atoms with van der Waals surface area (Å²) < 4.78 is 0. The van der Waals surface area contributed by atoms with Crippen molar-refractivity contribution in [3.63, 3.8) is 0 Å². The molecule has 0 saturated heterocycles. The lowest BCUT2D eigenvalue weighted by Crippen LogP contribution is -1.97. The fourth-order valence-corrected chi connectivity index (χ4v) is 3.15. The molecule has 2 N–H and O–H groups in total. The Kier molecular flexibility index (Phi) is 2.57. The molecular weight excluding hydrogens is 276 g/mol. The number of aromatic hydroxyl groups is 1. The Hall–Kier alpha value is -3.07. The Bertz CT molecular complexity index is 1030. The summed E-state index contributed by atoms with van der Waals surface area (Å²) in [7, 11) is 0. The van der Waals surface area contributed by atoms with Crippen molar-refractivity contribution in [2.45, 2.75) is 0 Å². The summed E-state index contributed by atoms with van der Waals surface area (Å²) in [6.45, 7) is 0. The second kappa shape index (κ2) is 4.46.